The number of hydrogen-bond acceptors (Lipinski definition) is 3. The number of nitrogens with zero attached hydrogens (tertiary/aromatic N) is 1. The van der Waals surface area contributed by atoms with Gasteiger partial charge in [0, 0.05) is 31.6 Å². The van der Waals surface area contributed by atoms with Gasteiger partial charge in [0.05, 0.1) is 6.61 Å². The minimum Gasteiger partial charge on any atom is -0.383 e. The summed E-state index contributed by atoms with van der Waals surface area (Å²) in [5.74, 6) is 0.582. The van der Waals surface area contributed by atoms with Crippen molar-refractivity contribution in [1.82, 2.24) is 9.29 Å². The number of sulfonamides is 1. The lowest BCUT2D eigenvalue weighted by Crippen LogP contribution is -2.27. The summed E-state index contributed by atoms with van der Waals surface area (Å²) in [5.41, 5.74) is 5.42. The highest BCUT2D eigenvalue weighted by Gasteiger charge is 2.27. The topological polar surface area (TPSA) is 60.3 Å². The Hall–Kier alpha value is -1.63. The molecule has 1 fully saturated rings. The van der Waals surface area contributed by atoms with Crippen LogP contribution < -0.4 is 4.72 Å². The maximum atomic E-state index is 13.3. The van der Waals surface area contributed by atoms with Crippen molar-refractivity contribution in [2.45, 2.75) is 103 Å². The third kappa shape index (κ3) is 6.78. The summed E-state index contributed by atoms with van der Waals surface area (Å²) in [6.07, 6.45) is 6.25. The average Bonchev–Trinajstić information content (AvgIpc) is 3.10. The standard InChI is InChI=1S/C29H46N2O3S/c1-21-27(35(32,33)30-14-15-34-8)19-26(31(21)20-22-12-10-9-11-13-22)23-16-24(28(2,3)4)18-25(17-23)29(5,6)7/h16-19,22,30H,9-15,20H2,1-8H3. The molecule has 1 aliphatic carbocycles. The lowest BCUT2D eigenvalue weighted by atomic mass is 9.79. The van der Waals surface area contributed by atoms with Crippen molar-refractivity contribution in [2.24, 2.45) is 5.92 Å². The Bertz CT molecular complexity index is 1080. The van der Waals surface area contributed by atoms with Gasteiger partial charge in [-0.1, -0.05) is 66.9 Å². The van der Waals surface area contributed by atoms with E-state index in [1.165, 1.54) is 43.2 Å². The monoisotopic (exact) mass is 502 g/mol. The first-order valence-corrected chi connectivity index (χ1v) is 14.6. The van der Waals surface area contributed by atoms with Crippen LogP contribution in [-0.4, -0.2) is 33.2 Å². The summed E-state index contributed by atoms with van der Waals surface area (Å²) in [5, 5.41) is 0. The molecule has 5 nitrogen and oxygen atoms in total. The first-order valence-electron chi connectivity index (χ1n) is 13.1. The third-order valence-electron chi connectivity index (χ3n) is 7.33. The van der Waals surface area contributed by atoms with Gasteiger partial charge >= 0.3 is 0 Å². The fourth-order valence-corrected chi connectivity index (χ4v) is 6.27. The van der Waals surface area contributed by atoms with Gasteiger partial charge in [0.25, 0.3) is 0 Å². The fraction of sp³-hybridized carbons (Fsp3) is 0.655. The molecule has 1 heterocycles. The molecule has 2 aromatic rings. The van der Waals surface area contributed by atoms with Crippen molar-refractivity contribution >= 4 is 10.0 Å². The van der Waals surface area contributed by atoms with Crippen molar-refractivity contribution in [3.05, 3.63) is 41.1 Å². The SMILES string of the molecule is COCCNS(=O)(=O)c1cc(-c2cc(C(C)(C)C)cc(C(C)(C)C)c2)n(CC2CCCCC2)c1C. The molecule has 1 aromatic carbocycles. The second-order valence-corrected chi connectivity index (χ2v) is 14.0. The Morgan fingerprint density at radius 2 is 1.51 bits per heavy atom. The number of benzene rings is 1. The van der Waals surface area contributed by atoms with Crippen LogP contribution in [0.2, 0.25) is 0 Å². The summed E-state index contributed by atoms with van der Waals surface area (Å²) in [6.45, 7) is 16.8. The van der Waals surface area contributed by atoms with Crippen molar-refractivity contribution in [3.8, 4) is 11.3 Å². The van der Waals surface area contributed by atoms with Gasteiger partial charge in [-0.2, -0.15) is 0 Å². The molecule has 0 amide bonds. The second kappa shape index (κ2) is 10.8. The summed E-state index contributed by atoms with van der Waals surface area (Å²) in [6, 6.07) is 8.72. The molecule has 1 N–H and O–H groups in total. The number of aromatic nitrogens is 1. The van der Waals surface area contributed by atoms with Gasteiger partial charge in [0.1, 0.15) is 4.90 Å². The molecule has 0 aliphatic heterocycles. The summed E-state index contributed by atoms with van der Waals surface area (Å²) in [4.78, 5) is 0.373. The summed E-state index contributed by atoms with van der Waals surface area (Å²) >= 11 is 0. The molecule has 0 atom stereocenters. The van der Waals surface area contributed by atoms with Gasteiger partial charge in [-0.05, 0) is 71.4 Å². The van der Waals surface area contributed by atoms with Gasteiger partial charge in [0.2, 0.25) is 10.0 Å². The van der Waals surface area contributed by atoms with Gasteiger partial charge in [-0.3, -0.25) is 0 Å². The predicted molar refractivity (Wildman–Crippen MR) is 146 cm³/mol. The normalized spacial score (nSPS) is 16.1. The number of hydrogen-bond donors (Lipinski definition) is 1. The zero-order chi connectivity index (χ0) is 26.0. The Labute approximate surface area is 213 Å². The number of ether oxygens (including phenoxy) is 1. The van der Waals surface area contributed by atoms with E-state index < -0.39 is 10.0 Å². The zero-order valence-electron chi connectivity index (χ0n) is 23.1. The van der Waals surface area contributed by atoms with Crippen LogP contribution >= 0.6 is 0 Å². The third-order valence-corrected chi connectivity index (χ3v) is 8.91. The molecular formula is C29H46N2O3S. The minimum absolute atomic E-state index is 0.0114. The van der Waals surface area contributed by atoms with Gasteiger partial charge in [-0.15, -0.1) is 0 Å². The zero-order valence-corrected chi connectivity index (χ0v) is 23.9. The van der Waals surface area contributed by atoms with Crippen LogP contribution in [0.15, 0.2) is 29.2 Å². The predicted octanol–water partition coefficient (Wildman–Crippen LogP) is 6.56. The van der Waals surface area contributed by atoms with Crippen LogP contribution in [-0.2, 0) is 32.1 Å². The van der Waals surface area contributed by atoms with Crippen molar-refractivity contribution in [2.75, 3.05) is 20.3 Å². The van der Waals surface area contributed by atoms with E-state index in [1.807, 2.05) is 13.0 Å². The first-order chi connectivity index (χ1) is 16.2. The Morgan fingerprint density at radius 1 is 0.943 bits per heavy atom. The highest BCUT2D eigenvalue weighted by atomic mass is 32.2. The summed E-state index contributed by atoms with van der Waals surface area (Å²) in [7, 11) is -2.06. The smallest absolute Gasteiger partial charge is 0.242 e. The Balaban J connectivity index is 2.19. The molecule has 1 aliphatic rings. The first kappa shape index (κ1) is 27.9. The molecule has 0 saturated heterocycles. The molecule has 0 unspecified atom stereocenters. The van der Waals surface area contributed by atoms with Gasteiger partial charge < -0.3 is 9.30 Å². The van der Waals surface area contributed by atoms with Crippen LogP contribution in [0.3, 0.4) is 0 Å². The van der Waals surface area contributed by atoms with Gasteiger partial charge in [-0.25, -0.2) is 13.1 Å². The fourth-order valence-electron chi connectivity index (χ4n) is 4.99. The maximum Gasteiger partial charge on any atom is 0.242 e. The highest BCUT2D eigenvalue weighted by Crippen LogP contribution is 2.37. The molecular weight excluding hydrogens is 456 g/mol. The number of methoxy groups -OCH3 is 1. The van der Waals surface area contributed by atoms with Crippen LogP contribution in [0, 0.1) is 12.8 Å². The van der Waals surface area contributed by atoms with E-state index in [1.54, 1.807) is 7.11 Å². The molecule has 0 radical (unpaired) electrons. The van der Waals surface area contributed by atoms with E-state index in [0.29, 0.717) is 17.4 Å². The van der Waals surface area contributed by atoms with Gasteiger partial charge in [0.15, 0.2) is 0 Å². The molecule has 6 heteroatoms. The summed E-state index contributed by atoms with van der Waals surface area (Å²) < 4.78 is 36.6. The maximum absolute atomic E-state index is 13.3. The van der Waals surface area contributed by atoms with E-state index >= 15 is 0 Å². The number of rotatable bonds is 8. The molecule has 0 spiro atoms. The van der Waals surface area contributed by atoms with E-state index in [0.717, 1.165) is 23.5 Å². The lowest BCUT2D eigenvalue weighted by Gasteiger charge is -2.27. The minimum atomic E-state index is -3.64. The Kier molecular flexibility index (Phi) is 8.61. The van der Waals surface area contributed by atoms with Crippen molar-refractivity contribution in [1.29, 1.82) is 0 Å². The van der Waals surface area contributed by atoms with Crippen LogP contribution in [0.4, 0.5) is 0 Å². The molecule has 0 bridgehead atoms. The van der Waals surface area contributed by atoms with Crippen LogP contribution in [0.25, 0.3) is 11.3 Å². The molecule has 196 valence electrons. The average molecular weight is 503 g/mol. The largest absolute Gasteiger partial charge is 0.383 e. The molecule has 3 rings (SSSR count). The lowest BCUT2D eigenvalue weighted by molar-refractivity contribution is 0.204. The second-order valence-electron chi connectivity index (χ2n) is 12.3. The molecule has 1 aromatic heterocycles. The van der Waals surface area contributed by atoms with E-state index in [2.05, 4.69) is 69.0 Å². The van der Waals surface area contributed by atoms with Crippen molar-refractivity contribution < 1.29 is 13.2 Å². The molecule has 35 heavy (non-hydrogen) atoms. The van der Waals surface area contributed by atoms with Crippen LogP contribution in [0.5, 0.6) is 0 Å². The van der Waals surface area contributed by atoms with Crippen LogP contribution in [0.1, 0.15) is 90.5 Å². The van der Waals surface area contributed by atoms with Crippen molar-refractivity contribution in [3.63, 3.8) is 0 Å². The quantitative estimate of drug-likeness (QED) is 0.416. The highest BCUT2D eigenvalue weighted by molar-refractivity contribution is 7.89. The molecule has 1 saturated carbocycles. The van der Waals surface area contributed by atoms with E-state index in [-0.39, 0.29) is 17.4 Å². The Morgan fingerprint density at radius 3 is 2.03 bits per heavy atom. The van der Waals surface area contributed by atoms with E-state index in [4.69, 9.17) is 4.74 Å². The number of nitrogens with one attached hydrogen (secondary N) is 1. The van der Waals surface area contributed by atoms with E-state index in [9.17, 15) is 8.42 Å².